The zero-order valence-corrected chi connectivity index (χ0v) is 14.3. The van der Waals surface area contributed by atoms with Crippen molar-refractivity contribution < 1.29 is 19.2 Å². The molecule has 0 spiro atoms. The molecular formula is C15H23N5O4. The minimum Gasteiger partial charge on any atom is -0.347 e. The third-order valence-electron chi connectivity index (χ3n) is 3.42. The Morgan fingerprint density at radius 1 is 1.12 bits per heavy atom. The summed E-state index contributed by atoms with van der Waals surface area (Å²) in [5.41, 5.74) is 0.589. The van der Waals surface area contributed by atoms with Gasteiger partial charge in [0.15, 0.2) is 11.6 Å². The zero-order valence-electron chi connectivity index (χ0n) is 14.3. The van der Waals surface area contributed by atoms with Gasteiger partial charge >= 0.3 is 0 Å². The molecule has 24 heavy (non-hydrogen) atoms. The van der Waals surface area contributed by atoms with Gasteiger partial charge in [0, 0.05) is 26.0 Å². The molecule has 0 aliphatic carbocycles. The number of rotatable bonds is 9. The third-order valence-corrected chi connectivity index (χ3v) is 3.42. The van der Waals surface area contributed by atoms with Crippen LogP contribution in [-0.4, -0.2) is 50.5 Å². The second-order valence-electron chi connectivity index (χ2n) is 5.70. The largest absolute Gasteiger partial charge is 0.347 e. The maximum atomic E-state index is 11.7. The molecule has 0 aliphatic heterocycles. The first kappa shape index (κ1) is 19.5. The van der Waals surface area contributed by atoms with E-state index < -0.39 is 12.1 Å². The number of Topliss-reactive ketones (excluding diaryl/α,β-unsaturated/α-hetero) is 2. The van der Waals surface area contributed by atoms with Crippen molar-refractivity contribution in [2.75, 3.05) is 0 Å². The third kappa shape index (κ3) is 6.67. The van der Waals surface area contributed by atoms with Crippen LogP contribution < -0.4 is 10.6 Å². The molecular weight excluding hydrogens is 314 g/mol. The molecule has 1 aromatic rings. The number of hydrogen-bond acceptors (Lipinski definition) is 6. The van der Waals surface area contributed by atoms with E-state index in [0.717, 1.165) is 0 Å². The molecule has 132 valence electrons. The Morgan fingerprint density at radius 2 is 1.79 bits per heavy atom. The summed E-state index contributed by atoms with van der Waals surface area (Å²) in [6.45, 7) is 5.94. The van der Waals surface area contributed by atoms with E-state index in [2.05, 4.69) is 20.9 Å². The van der Waals surface area contributed by atoms with Gasteiger partial charge in [-0.1, -0.05) is 5.21 Å². The number of carbonyl (C=O) groups excluding carboxylic acids is 4. The van der Waals surface area contributed by atoms with Crippen LogP contribution in [0.25, 0.3) is 0 Å². The molecule has 0 saturated carbocycles. The van der Waals surface area contributed by atoms with Crippen molar-refractivity contribution in [3.05, 3.63) is 11.9 Å². The van der Waals surface area contributed by atoms with Gasteiger partial charge < -0.3 is 10.6 Å². The lowest BCUT2D eigenvalue weighted by atomic mass is 10.2. The normalized spacial score (nSPS) is 13.0. The Balaban J connectivity index is 2.53. The summed E-state index contributed by atoms with van der Waals surface area (Å²) >= 11 is 0. The second kappa shape index (κ2) is 8.90. The molecule has 2 N–H and O–H groups in total. The molecule has 0 saturated heterocycles. The van der Waals surface area contributed by atoms with Crippen molar-refractivity contribution >= 4 is 23.4 Å². The number of carbonyl (C=O) groups is 4. The molecule has 0 unspecified atom stereocenters. The fraction of sp³-hybridized carbons (Fsp3) is 0.600. The summed E-state index contributed by atoms with van der Waals surface area (Å²) in [6, 6.07) is -1.18. The molecule has 0 radical (unpaired) electrons. The molecule has 0 aliphatic rings. The molecule has 9 nitrogen and oxygen atoms in total. The highest BCUT2D eigenvalue weighted by atomic mass is 16.2. The molecule has 1 aromatic heterocycles. The smallest absolute Gasteiger partial charge is 0.220 e. The van der Waals surface area contributed by atoms with Gasteiger partial charge in [-0.15, -0.1) is 5.10 Å². The van der Waals surface area contributed by atoms with Crippen molar-refractivity contribution in [3.63, 3.8) is 0 Å². The fourth-order valence-corrected chi connectivity index (χ4v) is 1.91. The Bertz CT molecular complexity index is 625. The van der Waals surface area contributed by atoms with E-state index in [9.17, 15) is 19.2 Å². The Labute approximate surface area is 140 Å². The number of hydrogen-bond donors (Lipinski definition) is 2. The van der Waals surface area contributed by atoms with Gasteiger partial charge in [-0.3, -0.25) is 19.2 Å². The van der Waals surface area contributed by atoms with Crippen LogP contribution in [0.2, 0.25) is 0 Å². The van der Waals surface area contributed by atoms with Gasteiger partial charge in [0.25, 0.3) is 0 Å². The van der Waals surface area contributed by atoms with Crippen molar-refractivity contribution in [2.45, 2.75) is 59.2 Å². The van der Waals surface area contributed by atoms with E-state index in [4.69, 9.17) is 0 Å². The molecule has 2 atom stereocenters. The highest BCUT2D eigenvalue weighted by Gasteiger charge is 2.17. The maximum absolute atomic E-state index is 11.7. The number of nitrogens with one attached hydrogen (secondary N) is 2. The van der Waals surface area contributed by atoms with E-state index in [1.165, 1.54) is 25.5 Å². The predicted octanol–water partition coefficient (Wildman–Crippen LogP) is -0.602. The van der Waals surface area contributed by atoms with Crippen molar-refractivity contribution in [1.82, 2.24) is 25.6 Å². The molecule has 0 fully saturated rings. The molecule has 0 aromatic carbocycles. The maximum Gasteiger partial charge on any atom is 0.220 e. The van der Waals surface area contributed by atoms with Gasteiger partial charge in [0.2, 0.25) is 11.8 Å². The fourth-order valence-electron chi connectivity index (χ4n) is 1.91. The summed E-state index contributed by atoms with van der Waals surface area (Å²) < 4.78 is 1.45. The molecule has 1 heterocycles. The van der Waals surface area contributed by atoms with Gasteiger partial charge in [0.1, 0.15) is 6.04 Å². The van der Waals surface area contributed by atoms with Gasteiger partial charge in [-0.25, -0.2) is 4.68 Å². The van der Waals surface area contributed by atoms with Gasteiger partial charge in [-0.2, -0.15) is 0 Å². The first-order chi connectivity index (χ1) is 11.2. The highest BCUT2D eigenvalue weighted by molar-refractivity contribution is 5.87. The van der Waals surface area contributed by atoms with Gasteiger partial charge in [0.05, 0.1) is 18.3 Å². The summed E-state index contributed by atoms with van der Waals surface area (Å²) in [5, 5.41) is 13.0. The van der Waals surface area contributed by atoms with Crippen molar-refractivity contribution in [2.24, 2.45) is 0 Å². The number of amides is 2. The molecule has 2 amide bonds. The number of nitrogens with zero attached hydrogens (tertiary/aromatic N) is 3. The molecule has 1 rings (SSSR count). The minimum absolute atomic E-state index is 0.109. The standard InChI is InChI=1S/C15H23N5O4/c1-9(10(2)21)16-15(24)6-5-13-7-20(19-18-13)8-14(11(3)22)17-12(4)23/h7,9,14H,5-6,8H2,1-4H3,(H,16,24)(H,17,23)/t9-,14+/m0/s1. The monoisotopic (exact) mass is 337 g/mol. The molecule has 0 bridgehead atoms. The summed E-state index contributed by atoms with van der Waals surface area (Å²) in [7, 11) is 0. The summed E-state index contributed by atoms with van der Waals surface area (Å²) in [6.07, 6.45) is 2.17. The van der Waals surface area contributed by atoms with Crippen LogP contribution in [0.1, 0.15) is 39.8 Å². The number of aromatic nitrogens is 3. The zero-order chi connectivity index (χ0) is 18.3. The first-order valence-corrected chi connectivity index (χ1v) is 7.65. The lowest BCUT2D eigenvalue weighted by Crippen LogP contribution is -2.41. The Kier molecular flexibility index (Phi) is 7.22. The highest BCUT2D eigenvalue weighted by Crippen LogP contribution is 2.01. The van der Waals surface area contributed by atoms with E-state index in [1.807, 2.05) is 0 Å². The Morgan fingerprint density at radius 3 is 2.33 bits per heavy atom. The van der Waals surface area contributed by atoms with Crippen LogP contribution in [0.4, 0.5) is 0 Å². The number of ketones is 2. The van der Waals surface area contributed by atoms with E-state index in [0.29, 0.717) is 12.1 Å². The van der Waals surface area contributed by atoms with Crippen LogP contribution in [0.5, 0.6) is 0 Å². The average molecular weight is 337 g/mol. The van der Waals surface area contributed by atoms with Gasteiger partial charge in [-0.05, 0) is 20.8 Å². The van der Waals surface area contributed by atoms with E-state index >= 15 is 0 Å². The average Bonchev–Trinajstić information content (AvgIpc) is 2.91. The van der Waals surface area contributed by atoms with Crippen LogP contribution in [-0.2, 0) is 32.1 Å². The quantitative estimate of drug-likeness (QED) is 0.620. The summed E-state index contributed by atoms with van der Waals surface area (Å²) in [4.78, 5) is 45.4. The SMILES string of the molecule is CC(=O)N[C@H](Cn1cc(CCC(=O)N[C@@H](C)C(C)=O)nn1)C(C)=O. The van der Waals surface area contributed by atoms with Crippen molar-refractivity contribution in [1.29, 1.82) is 0 Å². The van der Waals surface area contributed by atoms with Crippen LogP contribution in [0.15, 0.2) is 6.20 Å². The lowest BCUT2D eigenvalue weighted by Gasteiger charge is -2.13. The number of aryl methyl sites for hydroxylation is 1. The second-order valence-corrected chi connectivity index (χ2v) is 5.70. The van der Waals surface area contributed by atoms with E-state index in [1.54, 1.807) is 13.1 Å². The minimum atomic E-state index is -0.670. The topological polar surface area (TPSA) is 123 Å². The Hall–Kier alpha value is -2.58. The van der Waals surface area contributed by atoms with Crippen LogP contribution >= 0.6 is 0 Å². The van der Waals surface area contributed by atoms with Crippen molar-refractivity contribution in [3.8, 4) is 0 Å². The lowest BCUT2D eigenvalue weighted by molar-refractivity contribution is -0.126. The molecule has 9 heteroatoms. The predicted molar refractivity (Wildman–Crippen MR) is 84.9 cm³/mol. The summed E-state index contributed by atoms with van der Waals surface area (Å²) in [5.74, 6) is -0.832. The van der Waals surface area contributed by atoms with E-state index in [-0.39, 0.29) is 36.3 Å². The van der Waals surface area contributed by atoms with Crippen LogP contribution in [0, 0.1) is 0 Å². The van der Waals surface area contributed by atoms with Crippen LogP contribution in [0.3, 0.4) is 0 Å². The first-order valence-electron chi connectivity index (χ1n) is 7.65.